The molecule has 0 aliphatic carbocycles. The molecule has 0 radical (unpaired) electrons. The summed E-state index contributed by atoms with van der Waals surface area (Å²) >= 11 is 0. The summed E-state index contributed by atoms with van der Waals surface area (Å²) in [6.07, 6.45) is 11.5. The number of aromatic carboxylic acids is 1. The van der Waals surface area contributed by atoms with Crippen LogP contribution >= 0.6 is 0 Å². The smallest absolute Gasteiger partial charge is 0.335 e. The highest BCUT2D eigenvalue weighted by Crippen LogP contribution is 2.30. The van der Waals surface area contributed by atoms with Crippen LogP contribution in [0.3, 0.4) is 0 Å². The second-order valence-electron chi connectivity index (χ2n) is 7.85. The summed E-state index contributed by atoms with van der Waals surface area (Å²) < 4.78 is 12.0. The largest absolute Gasteiger partial charge is 0.493 e. The van der Waals surface area contributed by atoms with Crippen molar-refractivity contribution in [1.29, 1.82) is 0 Å². The molecule has 0 saturated carbocycles. The fourth-order valence-electron chi connectivity index (χ4n) is 3.43. The molecular weight excluding hydrogens is 392 g/mol. The number of rotatable bonds is 16. The Morgan fingerprint density at radius 3 is 2.13 bits per heavy atom. The highest BCUT2D eigenvalue weighted by atomic mass is 16.5. The zero-order chi connectivity index (χ0) is 22.3. The van der Waals surface area contributed by atoms with Gasteiger partial charge in [0.05, 0.1) is 12.2 Å². The molecule has 5 nitrogen and oxygen atoms in total. The second-order valence-corrected chi connectivity index (χ2v) is 7.85. The van der Waals surface area contributed by atoms with E-state index in [0.29, 0.717) is 24.5 Å². The SMILES string of the molecule is CCCCCCCCCCOc1cc(Oc2ccc(C(=O)O)cc2)ccc1CCCO. The molecule has 2 N–H and O–H groups in total. The molecule has 0 bridgehead atoms. The summed E-state index contributed by atoms with van der Waals surface area (Å²) in [6.45, 7) is 3.05. The van der Waals surface area contributed by atoms with Crippen LogP contribution in [0.5, 0.6) is 17.2 Å². The third-order valence-corrected chi connectivity index (χ3v) is 5.24. The van der Waals surface area contributed by atoms with Crippen LogP contribution in [0.1, 0.15) is 80.6 Å². The van der Waals surface area contributed by atoms with Crippen molar-refractivity contribution >= 4 is 5.97 Å². The molecule has 2 aromatic rings. The topological polar surface area (TPSA) is 76.0 Å². The average Bonchev–Trinajstić information content (AvgIpc) is 2.77. The summed E-state index contributed by atoms with van der Waals surface area (Å²) in [4.78, 5) is 11.0. The van der Waals surface area contributed by atoms with Crippen LogP contribution < -0.4 is 9.47 Å². The Balaban J connectivity index is 1.89. The van der Waals surface area contributed by atoms with Gasteiger partial charge < -0.3 is 19.7 Å². The molecule has 2 rings (SSSR count). The maximum Gasteiger partial charge on any atom is 0.335 e. The Morgan fingerprint density at radius 2 is 1.48 bits per heavy atom. The predicted octanol–water partition coefficient (Wildman–Crippen LogP) is 6.62. The molecule has 170 valence electrons. The van der Waals surface area contributed by atoms with Crippen LogP contribution in [0, 0.1) is 0 Å². The van der Waals surface area contributed by atoms with Crippen molar-refractivity contribution in [1.82, 2.24) is 0 Å². The molecule has 2 aromatic carbocycles. The van der Waals surface area contributed by atoms with E-state index in [4.69, 9.17) is 14.6 Å². The lowest BCUT2D eigenvalue weighted by Gasteiger charge is -2.14. The van der Waals surface area contributed by atoms with Gasteiger partial charge in [-0.2, -0.15) is 0 Å². The molecular formula is C26H36O5. The summed E-state index contributed by atoms with van der Waals surface area (Å²) in [5.74, 6) is 1.04. The molecule has 0 fully saturated rings. The number of benzene rings is 2. The summed E-state index contributed by atoms with van der Waals surface area (Å²) in [5, 5.41) is 18.2. The van der Waals surface area contributed by atoms with Gasteiger partial charge in [-0.3, -0.25) is 0 Å². The molecule has 31 heavy (non-hydrogen) atoms. The fourth-order valence-corrected chi connectivity index (χ4v) is 3.43. The van der Waals surface area contributed by atoms with Crippen molar-refractivity contribution in [2.75, 3.05) is 13.2 Å². The second kappa shape index (κ2) is 14.5. The Labute approximate surface area is 186 Å². The van der Waals surface area contributed by atoms with E-state index in [-0.39, 0.29) is 12.2 Å². The van der Waals surface area contributed by atoms with Crippen molar-refractivity contribution in [3.63, 3.8) is 0 Å². The highest BCUT2D eigenvalue weighted by Gasteiger charge is 2.08. The van der Waals surface area contributed by atoms with Gasteiger partial charge in [0.1, 0.15) is 17.2 Å². The van der Waals surface area contributed by atoms with E-state index in [0.717, 1.165) is 24.2 Å². The number of ether oxygens (including phenoxy) is 2. The summed E-state index contributed by atoms with van der Waals surface area (Å²) in [6, 6.07) is 12.1. The highest BCUT2D eigenvalue weighted by molar-refractivity contribution is 5.87. The number of aliphatic hydroxyl groups excluding tert-OH is 1. The molecule has 0 atom stereocenters. The van der Waals surface area contributed by atoms with Crippen molar-refractivity contribution in [2.24, 2.45) is 0 Å². The van der Waals surface area contributed by atoms with Gasteiger partial charge in [0.2, 0.25) is 0 Å². The fraction of sp³-hybridized carbons (Fsp3) is 0.500. The number of carboxylic acid groups (broad SMARTS) is 1. The molecule has 5 heteroatoms. The van der Waals surface area contributed by atoms with E-state index in [1.807, 2.05) is 18.2 Å². The van der Waals surface area contributed by atoms with E-state index in [1.165, 1.54) is 57.1 Å². The molecule has 0 aromatic heterocycles. The summed E-state index contributed by atoms with van der Waals surface area (Å²) in [7, 11) is 0. The van der Waals surface area contributed by atoms with Crippen LogP contribution in [0.15, 0.2) is 42.5 Å². The number of aliphatic hydroxyl groups is 1. The Morgan fingerprint density at radius 1 is 0.839 bits per heavy atom. The van der Waals surface area contributed by atoms with E-state index < -0.39 is 5.97 Å². The van der Waals surface area contributed by atoms with Crippen molar-refractivity contribution in [2.45, 2.75) is 71.1 Å². The Bertz CT molecular complexity index is 770. The molecule has 0 spiro atoms. The lowest BCUT2D eigenvalue weighted by molar-refractivity contribution is 0.0697. The quantitative estimate of drug-likeness (QED) is 0.294. The molecule has 0 heterocycles. The van der Waals surface area contributed by atoms with Crippen molar-refractivity contribution in [3.05, 3.63) is 53.6 Å². The van der Waals surface area contributed by atoms with E-state index in [1.54, 1.807) is 12.1 Å². The van der Waals surface area contributed by atoms with Gasteiger partial charge in [0, 0.05) is 12.7 Å². The normalized spacial score (nSPS) is 10.8. The minimum absolute atomic E-state index is 0.144. The maximum absolute atomic E-state index is 11.0. The average molecular weight is 429 g/mol. The Hall–Kier alpha value is -2.53. The first-order valence-corrected chi connectivity index (χ1v) is 11.5. The van der Waals surface area contributed by atoms with Crippen LogP contribution in [-0.2, 0) is 6.42 Å². The van der Waals surface area contributed by atoms with Crippen molar-refractivity contribution < 1.29 is 24.5 Å². The monoisotopic (exact) mass is 428 g/mol. The van der Waals surface area contributed by atoms with Gasteiger partial charge in [-0.25, -0.2) is 4.79 Å². The van der Waals surface area contributed by atoms with Gasteiger partial charge in [-0.05, 0) is 55.2 Å². The number of aryl methyl sites for hydroxylation is 1. The molecule has 0 unspecified atom stereocenters. The van der Waals surface area contributed by atoms with Crippen LogP contribution in [0.25, 0.3) is 0 Å². The van der Waals surface area contributed by atoms with E-state index in [2.05, 4.69) is 6.92 Å². The van der Waals surface area contributed by atoms with Gasteiger partial charge in [-0.1, -0.05) is 57.9 Å². The zero-order valence-electron chi connectivity index (χ0n) is 18.6. The minimum Gasteiger partial charge on any atom is -0.493 e. The standard InChI is InChI=1S/C26H36O5/c1-2-3-4-5-6-7-8-9-19-30-25-20-24(17-12-21(25)11-10-18-27)31-23-15-13-22(14-16-23)26(28)29/h12-17,20,27H,2-11,18-19H2,1H3,(H,28,29). The lowest BCUT2D eigenvalue weighted by Crippen LogP contribution is -2.02. The molecule has 0 aliphatic rings. The maximum atomic E-state index is 11.0. The van der Waals surface area contributed by atoms with E-state index in [9.17, 15) is 9.90 Å². The number of hydrogen-bond donors (Lipinski definition) is 2. The molecule has 0 aliphatic heterocycles. The summed E-state index contributed by atoms with van der Waals surface area (Å²) in [5.41, 5.74) is 1.28. The number of carbonyl (C=O) groups is 1. The number of hydrogen-bond acceptors (Lipinski definition) is 4. The first-order chi connectivity index (χ1) is 15.1. The van der Waals surface area contributed by atoms with Gasteiger partial charge >= 0.3 is 5.97 Å². The third kappa shape index (κ3) is 9.43. The third-order valence-electron chi connectivity index (χ3n) is 5.24. The minimum atomic E-state index is -0.962. The number of carboxylic acids is 1. The van der Waals surface area contributed by atoms with Crippen LogP contribution in [0.2, 0.25) is 0 Å². The van der Waals surface area contributed by atoms with E-state index >= 15 is 0 Å². The van der Waals surface area contributed by atoms with Gasteiger partial charge in [0.25, 0.3) is 0 Å². The first kappa shape index (κ1) is 24.7. The predicted molar refractivity (Wildman–Crippen MR) is 123 cm³/mol. The molecule has 0 saturated heterocycles. The van der Waals surface area contributed by atoms with Crippen LogP contribution in [0.4, 0.5) is 0 Å². The Kier molecular flexibility index (Phi) is 11.5. The lowest BCUT2D eigenvalue weighted by atomic mass is 10.1. The van der Waals surface area contributed by atoms with Gasteiger partial charge in [0.15, 0.2) is 0 Å². The zero-order valence-corrected chi connectivity index (χ0v) is 18.6. The number of unbranched alkanes of at least 4 members (excludes halogenated alkanes) is 7. The van der Waals surface area contributed by atoms with Crippen molar-refractivity contribution in [3.8, 4) is 17.2 Å². The first-order valence-electron chi connectivity index (χ1n) is 11.5. The van der Waals surface area contributed by atoms with Gasteiger partial charge in [-0.15, -0.1) is 0 Å². The molecule has 0 amide bonds. The van der Waals surface area contributed by atoms with Crippen LogP contribution in [-0.4, -0.2) is 29.4 Å².